The summed E-state index contributed by atoms with van der Waals surface area (Å²) in [4.78, 5) is 3.95. The molecule has 1 aliphatic carbocycles. The molecule has 1 saturated carbocycles. The van der Waals surface area contributed by atoms with Crippen LogP contribution in [0.25, 0.3) is 12.0 Å². The van der Waals surface area contributed by atoms with Gasteiger partial charge in [0.2, 0.25) is 0 Å². The first-order valence-corrected chi connectivity index (χ1v) is 8.16. The summed E-state index contributed by atoms with van der Waals surface area (Å²) in [5, 5.41) is 5.27. The predicted molar refractivity (Wildman–Crippen MR) is 88.6 cm³/mol. The first-order chi connectivity index (χ1) is 10.7. The average molecular weight is 338 g/mol. The Bertz CT molecular complexity index is 649. The van der Waals surface area contributed by atoms with Crippen LogP contribution in [0.2, 0.25) is 10.0 Å². The van der Waals surface area contributed by atoms with Gasteiger partial charge in [-0.2, -0.15) is 5.10 Å². The lowest BCUT2D eigenvalue weighted by molar-refractivity contribution is 0.126. The fraction of sp³-hybridized carbons (Fsp3) is 0.375. The van der Waals surface area contributed by atoms with Crippen molar-refractivity contribution < 1.29 is 4.74 Å². The zero-order chi connectivity index (χ0) is 15.4. The van der Waals surface area contributed by atoms with Gasteiger partial charge in [0.15, 0.2) is 0 Å². The van der Waals surface area contributed by atoms with E-state index in [9.17, 15) is 0 Å². The van der Waals surface area contributed by atoms with Crippen LogP contribution < -0.4 is 0 Å². The van der Waals surface area contributed by atoms with Gasteiger partial charge in [-0.05, 0) is 43.9 Å². The maximum Gasteiger partial charge on any atom is 0.146 e. The lowest BCUT2D eigenvalue weighted by atomic mass is 9.97. The monoisotopic (exact) mass is 337 g/mol. The molecule has 0 aliphatic heterocycles. The minimum atomic E-state index is 0.218. The molecule has 3 rings (SSSR count). The molecule has 0 unspecified atom stereocenters. The second-order valence-corrected chi connectivity index (χ2v) is 6.21. The van der Waals surface area contributed by atoms with Crippen molar-refractivity contribution in [3.8, 4) is 0 Å². The number of aromatic nitrogens is 3. The van der Waals surface area contributed by atoms with Crippen LogP contribution in [0.3, 0.4) is 0 Å². The van der Waals surface area contributed by atoms with E-state index in [4.69, 9.17) is 27.9 Å². The van der Waals surface area contributed by atoms with Gasteiger partial charge in [-0.25, -0.2) is 9.67 Å². The van der Waals surface area contributed by atoms with Crippen LogP contribution in [0, 0.1) is 0 Å². The number of nitrogens with zero attached hydrogens (tertiary/aromatic N) is 3. The van der Waals surface area contributed by atoms with E-state index in [0.717, 1.165) is 18.4 Å². The normalized spacial score (nSPS) is 16.7. The van der Waals surface area contributed by atoms with Gasteiger partial charge in [-0.3, -0.25) is 0 Å². The Morgan fingerprint density at radius 1 is 1.23 bits per heavy atom. The van der Waals surface area contributed by atoms with Crippen molar-refractivity contribution in [2.75, 3.05) is 0 Å². The van der Waals surface area contributed by atoms with E-state index in [1.807, 2.05) is 12.1 Å². The smallest absolute Gasteiger partial charge is 0.146 e. The van der Waals surface area contributed by atoms with E-state index in [2.05, 4.69) is 10.1 Å². The largest absolute Gasteiger partial charge is 0.488 e. The van der Waals surface area contributed by atoms with Crippen molar-refractivity contribution in [2.24, 2.45) is 0 Å². The first kappa shape index (κ1) is 15.4. The third kappa shape index (κ3) is 3.81. The van der Waals surface area contributed by atoms with Crippen LogP contribution >= 0.6 is 23.2 Å². The third-order valence-electron chi connectivity index (χ3n) is 3.73. The van der Waals surface area contributed by atoms with Crippen molar-refractivity contribution in [3.05, 3.63) is 46.5 Å². The third-order valence-corrected chi connectivity index (χ3v) is 4.28. The van der Waals surface area contributed by atoms with Gasteiger partial charge in [0.1, 0.15) is 18.4 Å². The van der Waals surface area contributed by atoms with Crippen LogP contribution in [0.5, 0.6) is 0 Å². The van der Waals surface area contributed by atoms with Crippen LogP contribution in [0.4, 0.5) is 0 Å². The molecule has 0 bridgehead atoms. The molecule has 1 aromatic heterocycles. The van der Waals surface area contributed by atoms with E-state index in [1.54, 1.807) is 23.3 Å². The molecule has 116 valence electrons. The highest BCUT2D eigenvalue weighted by atomic mass is 35.5. The summed E-state index contributed by atoms with van der Waals surface area (Å²) in [7, 11) is 0. The molecule has 0 atom stereocenters. The molecule has 1 aliphatic rings. The van der Waals surface area contributed by atoms with E-state index >= 15 is 0 Å². The molecule has 1 fully saturated rings. The zero-order valence-electron chi connectivity index (χ0n) is 12.1. The molecule has 0 saturated heterocycles. The fourth-order valence-electron chi connectivity index (χ4n) is 2.62. The van der Waals surface area contributed by atoms with Crippen LogP contribution in [-0.2, 0) is 4.74 Å². The second-order valence-electron chi connectivity index (χ2n) is 5.37. The Morgan fingerprint density at radius 3 is 2.73 bits per heavy atom. The van der Waals surface area contributed by atoms with Crippen molar-refractivity contribution in [2.45, 2.75) is 38.2 Å². The van der Waals surface area contributed by atoms with Gasteiger partial charge in [-0.1, -0.05) is 29.6 Å². The molecule has 4 nitrogen and oxygen atoms in total. The SMILES string of the molecule is Clc1ccc(/C(=C/n2cncn2)OC2CCCCC2)c(Cl)c1. The minimum Gasteiger partial charge on any atom is -0.488 e. The second kappa shape index (κ2) is 7.16. The highest BCUT2D eigenvalue weighted by Crippen LogP contribution is 2.31. The minimum absolute atomic E-state index is 0.218. The molecular formula is C16H17Cl2N3O. The summed E-state index contributed by atoms with van der Waals surface area (Å²) in [6.45, 7) is 0. The molecule has 1 aromatic carbocycles. The van der Waals surface area contributed by atoms with Gasteiger partial charge < -0.3 is 4.74 Å². The molecule has 1 heterocycles. The number of benzene rings is 1. The Morgan fingerprint density at radius 2 is 2.05 bits per heavy atom. The van der Waals surface area contributed by atoms with Crippen LogP contribution in [-0.4, -0.2) is 20.9 Å². The highest BCUT2D eigenvalue weighted by Gasteiger charge is 2.18. The molecule has 0 spiro atoms. The molecule has 0 N–H and O–H groups in total. The number of halogens is 2. The number of rotatable bonds is 4. The summed E-state index contributed by atoms with van der Waals surface area (Å²) in [5.41, 5.74) is 0.812. The maximum atomic E-state index is 6.33. The van der Waals surface area contributed by atoms with Crippen LogP contribution in [0.15, 0.2) is 30.9 Å². The molecule has 2 aromatic rings. The van der Waals surface area contributed by atoms with E-state index in [0.29, 0.717) is 15.8 Å². The predicted octanol–water partition coefficient (Wildman–Crippen LogP) is 4.89. The first-order valence-electron chi connectivity index (χ1n) is 7.40. The van der Waals surface area contributed by atoms with Gasteiger partial charge in [0.25, 0.3) is 0 Å². The Balaban J connectivity index is 1.91. The molecule has 6 heteroatoms. The maximum absolute atomic E-state index is 6.33. The highest BCUT2D eigenvalue weighted by molar-refractivity contribution is 6.35. The van der Waals surface area contributed by atoms with Gasteiger partial charge in [0, 0.05) is 10.6 Å². The summed E-state index contributed by atoms with van der Waals surface area (Å²) in [5.74, 6) is 0.694. The van der Waals surface area contributed by atoms with E-state index in [1.165, 1.54) is 25.6 Å². The lowest BCUT2D eigenvalue weighted by Gasteiger charge is -2.25. The number of ether oxygens (including phenoxy) is 1. The number of hydrogen-bond donors (Lipinski definition) is 0. The van der Waals surface area contributed by atoms with E-state index in [-0.39, 0.29) is 6.10 Å². The average Bonchev–Trinajstić information content (AvgIpc) is 3.01. The molecular weight excluding hydrogens is 321 g/mol. The van der Waals surface area contributed by atoms with Gasteiger partial charge in [-0.15, -0.1) is 0 Å². The Labute approximate surface area is 139 Å². The quantitative estimate of drug-likeness (QED) is 0.745. The summed E-state index contributed by atoms with van der Waals surface area (Å²) < 4.78 is 7.83. The van der Waals surface area contributed by atoms with Crippen LogP contribution in [0.1, 0.15) is 37.7 Å². The van der Waals surface area contributed by atoms with Gasteiger partial charge in [0.05, 0.1) is 17.3 Å². The van der Waals surface area contributed by atoms with Crippen molar-refractivity contribution in [1.82, 2.24) is 14.8 Å². The summed E-state index contributed by atoms with van der Waals surface area (Å²) >= 11 is 12.3. The molecule has 0 amide bonds. The molecule has 22 heavy (non-hydrogen) atoms. The molecule has 0 radical (unpaired) electrons. The lowest BCUT2D eigenvalue weighted by Crippen LogP contribution is -2.16. The van der Waals surface area contributed by atoms with Crippen molar-refractivity contribution >= 4 is 35.2 Å². The van der Waals surface area contributed by atoms with Gasteiger partial charge >= 0.3 is 0 Å². The Hall–Kier alpha value is -1.52. The summed E-state index contributed by atoms with van der Waals surface area (Å²) in [6, 6.07) is 5.40. The van der Waals surface area contributed by atoms with Crippen molar-refractivity contribution in [1.29, 1.82) is 0 Å². The number of hydrogen-bond acceptors (Lipinski definition) is 3. The van der Waals surface area contributed by atoms with E-state index < -0.39 is 0 Å². The zero-order valence-corrected chi connectivity index (χ0v) is 13.6. The topological polar surface area (TPSA) is 39.9 Å². The summed E-state index contributed by atoms with van der Waals surface area (Å²) in [6.07, 6.45) is 11.0. The Kier molecular flexibility index (Phi) is 5.01. The van der Waals surface area contributed by atoms with Crippen molar-refractivity contribution in [3.63, 3.8) is 0 Å². The fourth-order valence-corrected chi connectivity index (χ4v) is 3.12. The standard InChI is InChI=1S/C16H17Cl2N3O/c17-12-6-7-14(15(18)8-12)16(9-21-11-19-10-20-21)22-13-4-2-1-3-5-13/h6-11,13H,1-5H2/b16-9-.